The van der Waals surface area contributed by atoms with Crippen molar-refractivity contribution >= 4 is 44.7 Å². The van der Waals surface area contributed by atoms with Gasteiger partial charge >= 0.3 is 12.3 Å². The number of nitrogens with one attached hydrogen (secondary N) is 3. The Morgan fingerprint density at radius 1 is 1.03 bits per heavy atom. The molecule has 4 amide bonds. The lowest BCUT2D eigenvalue weighted by molar-refractivity contribution is -0.144. The van der Waals surface area contributed by atoms with Crippen LogP contribution in [0.2, 0.25) is 0 Å². The number of sulfonamides is 1. The number of hydrogen-bond acceptors (Lipinski definition) is 12. The lowest BCUT2D eigenvalue weighted by atomic mass is 9.84. The zero-order valence-electron chi connectivity index (χ0n) is 40.4. The number of nitrogens with zero attached hydrogens (tertiary/aromatic N) is 4. The minimum Gasteiger partial charge on any atom is -0.494 e. The van der Waals surface area contributed by atoms with Crippen LogP contribution in [0, 0.1) is 5.92 Å². The van der Waals surface area contributed by atoms with Gasteiger partial charge in [0.25, 0.3) is 5.91 Å². The molecule has 1 aliphatic carbocycles. The van der Waals surface area contributed by atoms with Gasteiger partial charge in [0.1, 0.15) is 34.6 Å². The maximum absolute atomic E-state index is 15.1. The Hall–Kier alpha value is -4.69. The SMILES string of the molecule is C[C@H]1/C=C\CCCCC[C@H](NC(=O)OC(C)(C)C)C(=O)N2C[C@@]3(CCc4c(c(C(F)(F)F)nc5ccc(OCCCN6CCN(C)CC6)cc45)O3)C[C@H]2C(=O)N[C@@]1(C)C(=O)NS(=O)(=O)C1(C)CC1. The van der Waals surface area contributed by atoms with Crippen LogP contribution in [-0.4, -0.2) is 138 Å². The van der Waals surface area contributed by atoms with E-state index in [-0.39, 0.29) is 43.3 Å². The van der Waals surface area contributed by atoms with Gasteiger partial charge in [0.15, 0.2) is 11.4 Å². The summed E-state index contributed by atoms with van der Waals surface area (Å²) >= 11 is 0. The largest absolute Gasteiger partial charge is 0.494 e. The van der Waals surface area contributed by atoms with E-state index in [0.29, 0.717) is 56.3 Å². The second-order valence-corrected chi connectivity index (χ2v) is 23.1. The van der Waals surface area contributed by atoms with Crippen LogP contribution in [0.1, 0.15) is 117 Å². The number of likely N-dealkylation sites (N-methyl/N-ethyl adjacent to an activating group) is 1. The van der Waals surface area contributed by atoms with Gasteiger partial charge in [0, 0.05) is 56.0 Å². The predicted molar refractivity (Wildman–Crippen MR) is 248 cm³/mol. The molecule has 7 rings (SSSR count). The summed E-state index contributed by atoms with van der Waals surface area (Å²) in [6.45, 7) is 14.4. The summed E-state index contributed by atoms with van der Waals surface area (Å²) in [5, 5.41) is 5.90. The molecule has 2 saturated heterocycles. The minimum atomic E-state index is -4.95. The number of pyridine rings is 1. The van der Waals surface area contributed by atoms with Crippen molar-refractivity contribution in [1.82, 2.24) is 35.0 Å². The second-order valence-electron chi connectivity index (χ2n) is 20.9. The molecular weight excluding hydrogens is 908 g/mol. The summed E-state index contributed by atoms with van der Waals surface area (Å²) in [5.41, 5.74) is -5.25. The number of amides is 4. The van der Waals surface area contributed by atoms with E-state index >= 15 is 13.2 Å². The molecule has 0 radical (unpaired) electrons. The number of piperazine rings is 1. The highest BCUT2D eigenvalue weighted by molar-refractivity contribution is 7.91. The third-order valence-electron chi connectivity index (χ3n) is 14.3. The Morgan fingerprint density at radius 2 is 1.75 bits per heavy atom. The van der Waals surface area contributed by atoms with E-state index in [0.717, 1.165) is 39.1 Å². The summed E-state index contributed by atoms with van der Waals surface area (Å²) < 4.78 is 91.2. The number of alkyl carbamates (subject to hydrolysis) is 1. The topological polar surface area (TPSA) is 189 Å². The average molecular weight is 976 g/mol. The van der Waals surface area contributed by atoms with E-state index in [1.165, 1.54) is 24.8 Å². The van der Waals surface area contributed by atoms with E-state index in [9.17, 15) is 27.6 Å². The van der Waals surface area contributed by atoms with Crippen LogP contribution in [0.15, 0.2) is 30.4 Å². The van der Waals surface area contributed by atoms with Crippen molar-refractivity contribution in [2.75, 3.05) is 52.9 Å². The van der Waals surface area contributed by atoms with Crippen molar-refractivity contribution in [3.8, 4) is 11.5 Å². The van der Waals surface area contributed by atoms with E-state index in [1.807, 2.05) is 6.08 Å². The number of alkyl halides is 3. The number of ether oxygens (including phenoxy) is 3. The van der Waals surface area contributed by atoms with Gasteiger partial charge in [0.05, 0.1) is 23.4 Å². The van der Waals surface area contributed by atoms with Gasteiger partial charge in [-0.25, -0.2) is 18.2 Å². The van der Waals surface area contributed by atoms with Gasteiger partial charge < -0.3 is 39.5 Å². The molecule has 376 valence electrons. The highest BCUT2D eigenvalue weighted by Gasteiger charge is 2.57. The quantitative estimate of drug-likeness (QED) is 0.201. The highest BCUT2D eigenvalue weighted by Crippen LogP contribution is 2.49. The normalized spacial score (nSPS) is 28.0. The fourth-order valence-corrected chi connectivity index (χ4v) is 10.8. The second kappa shape index (κ2) is 19.6. The Balaban J connectivity index is 1.22. The van der Waals surface area contributed by atoms with Crippen LogP contribution in [0.3, 0.4) is 0 Å². The third-order valence-corrected chi connectivity index (χ3v) is 16.4. The highest BCUT2D eigenvalue weighted by atomic mass is 32.2. The van der Waals surface area contributed by atoms with E-state index in [4.69, 9.17) is 14.2 Å². The van der Waals surface area contributed by atoms with Crippen molar-refractivity contribution < 1.29 is 55.0 Å². The van der Waals surface area contributed by atoms with Crippen molar-refractivity contribution in [2.45, 2.75) is 152 Å². The standard InChI is InChI=1S/C48H68F3N7O9S/c1-31-14-11-9-8-10-12-15-36(53-43(62)67-44(2,3)4)41(60)58-30-47(29-37(58)40(59)54-46(31,6)42(61)55-68(63,64)45(5)20-21-45)19-18-33-34-28-32(65-27-13-22-57-25-23-56(7)24-26-57)16-17-35(34)52-39(38(33)66-47)48(49,50)51/h11,14,16-17,28,31,36-37H,8-10,12-13,15,18-27,29-30H2,1-7H3,(H,53,62)(H,54,59)(H,55,61)/b14-11-/t31-,36-,37-,46+,47+/m0/s1. The monoisotopic (exact) mass is 975 g/mol. The Bertz CT molecular complexity index is 2380. The molecule has 2 aromatic rings. The average Bonchev–Trinajstić information content (AvgIpc) is 3.92. The van der Waals surface area contributed by atoms with Gasteiger partial charge in [-0.3, -0.25) is 19.1 Å². The van der Waals surface area contributed by atoms with Crippen LogP contribution < -0.4 is 24.8 Å². The first-order valence-corrected chi connectivity index (χ1v) is 25.4. The molecule has 4 aliphatic heterocycles. The van der Waals surface area contributed by atoms with Gasteiger partial charge in [-0.2, -0.15) is 13.2 Å². The molecule has 16 nitrogen and oxygen atoms in total. The summed E-state index contributed by atoms with van der Waals surface area (Å²) in [6.07, 6.45) is 1.60. The molecule has 0 unspecified atom stereocenters. The summed E-state index contributed by atoms with van der Waals surface area (Å²) in [6, 6.07) is 2.13. The molecule has 5 aliphatic rings. The minimum absolute atomic E-state index is 0.0544. The van der Waals surface area contributed by atoms with E-state index < -0.39 is 90.9 Å². The Kier molecular flexibility index (Phi) is 14.7. The zero-order chi connectivity index (χ0) is 49.5. The fraction of sp³-hybridized carbons (Fsp3) is 0.688. The van der Waals surface area contributed by atoms with Crippen molar-refractivity contribution in [3.05, 3.63) is 41.6 Å². The molecule has 3 N–H and O–H groups in total. The molecule has 1 spiro atoms. The molecule has 0 bridgehead atoms. The number of aromatic nitrogens is 1. The molecule has 5 heterocycles. The van der Waals surface area contributed by atoms with Crippen LogP contribution in [0.5, 0.6) is 11.5 Å². The number of aryl methyl sites for hydroxylation is 1. The first kappa shape index (κ1) is 51.2. The molecule has 5 atom stereocenters. The van der Waals surface area contributed by atoms with Gasteiger partial charge in [-0.1, -0.05) is 31.9 Å². The number of carbonyl (C=O) groups excluding carboxylic acids is 4. The summed E-state index contributed by atoms with van der Waals surface area (Å²) in [5.74, 6) is -3.34. The third kappa shape index (κ3) is 11.5. The first-order valence-electron chi connectivity index (χ1n) is 23.9. The number of halogens is 3. The molecular formula is C48H68F3N7O9S. The summed E-state index contributed by atoms with van der Waals surface area (Å²) in [7, 11) is -2.06. The maximum atomic E-state index is 15.1. The number of fused-ring (bicyclic) bond motifs is 4. The maximum Gasteiger partial charge on any atom is 0.437 e. The lowest BCUT2D eigenvalue weighted by Crippen LogP contribution is -2.64. The molecule has 1 aromatic heterocycles. The van der Waals surface area contributed by atoms with Gasteiger partial charge in [-0.15, -0.1) is 0 Å². The number of carbonyl (C=O) groups is 4. The molecule has 3 fully saturated rings. The number of allylic oxidation sites excluding steroid dienone is 1. The van der Waals surface area contributed by atoms with Crippen molar-refractivity contribution in [1.29, 1.82) is 0 Å². The van der Waals surface area contributed by atoms with Crippen LogP contribution in [0.4, 0.5) is 18.0 Å². The smallest absolute Gasteiger partial charge is 0.437 e. The number of benzene rings is 1. The molecule has 20 heteroatoms. The first-order chi connectivity index (χ1) is 31.8. The molecule has 68 heavy (non-hydrogen) atoms. The van der Waals surface area contributed by atoms with E-state index in [1.54, 1.807) is 45.9 Å². The van der Waals surface area contributed by atoms with Gasteiger partial charge in [-0.05, 0) is 111 Å². The van der Waals surface area contributed by atoms with E-state index in [2.05, 4.69) is 37.2 Å². The Morgan fingerprint density at radius 3 is 2.43 bits per heavy atom. The molecule has 1 aromatic carbocycles. The van der Waals surface area contributed by atoms with Crippen LogP contribution in [0.25, 0.3) is 10.9 Å². The van der Waals surface area contributed by atoms with Crippen LogP contribution in [-0.2, 0) is 41.7 Å². The fourth-order valence-electron chi connectivity index (χ4n) is 9.47. The summed E-state index contributed by atoms with van der Waals surface area (Å²) in [4.78, 5) is 67.2. The zero-order valence-corrected chi connectivity index (χ0v) is 41.2. The lowest BCUT2D eigenvalue weighted by Gasteiger charge is -2.37. The van der Waals surface area contributed by atoms with Crippen LogP contribution >= 0.6 is 0 Å². The Labute approximate surface area is 397 Å². The number of hydrogen-bond donors (Lipinski definition) is 3. The van der Waals surface area contributed by atoms with Crippen molar-refractivity contribution in [2.24, 2.45) is 5.92 Å². The number of rotatable bonds is 9. The molecule has 1 saturated carbocycles. The van der Waals surface area contributed by atoms with Gasteiger partial charge in [0.2, 0.25) is 21.8 Å². The van der Waals surface area contributed by atoms with Crippen molar-refractivity contribution in [3.63, 3.8) is 0 Å². The predicted octanol–water partition coefficient (Wildman–Crippen LogP) is 5.86.